The minimum atomic E-state index is -0.0462. The highest BCUT2D eigenvalue weighted by atomic mass is 32.1. The average molecular weight is 291 g/mol. The fourth-order valence-electron chi connectivity index (χ4n) is 1.88. The Labute approximate surface area is 118 Å². The molecule has 0 atom stereocenters. The number of nitrogens with one attached hydrogen (secondary N) is 2. The van der Waals surface area contributed by atoms with Gasteiger partial charge in [0.15, 0.2) is 0 Å². The van der Waals surface area contributed by atoms with Crippen LogP contribution in [-0.2, 0) is 13.0 Å². The quantitative estimate of drug-likeness (QED) is 0.710. The lowest BCUT2D eigenvalue weighted by molar-refractivity contribution is 0.663. The van der Waals surface area contributed by atoms with Crippen LogP contribution in [0.4, 0.5) is 0 Å². The van der Waals surface area contributed by atoms with Gasteiger partial charge in [0.05, 0.1) is 12.1 Å². The molecule has 0 radical (unpaired) electrons. The summed E-state index contributed by atoms with van der Waals surface area (Å²) in [6.45, 7) is 1.47. The number of rotatable bonds is 5. The molecule has 0 spiro atoms. The van der Waals surface area contributed by atoms with Crippen LogP contribution in [0.2, 0.25) is 0 Å². The lowest BCUT2D eigenvalue weighted by atomic mass is 10.3. The van der Waals surface area contributed by atoms with E-state index in [2.05, 4.69) is 32.8 Å². The van der Waals surface area contributed by atoms with Gasteiger partial charge in [0.25, 0.3) is 5.56 Å². The third kappa shape index (κ3) is 2.91. The molecule has 0 saturated heterocycles. The summed E-state index contributed by atoms with van der Waals surface area (Å²) >= 11 is 3.19. The van der Waals surface area contributed by atoms with Crippen molar-refractivity contribution in [2.75, 3.05) is 6.54 Å². The molecule has 0 aromatic carbocycles. The summed E-state index contributed by atoms with van der Waals surface area (Å²) in [5.41, 5.74) is 0.735. The highest BCUT2D eigenvalue weighted by molar-refractivity contribution is 7.17. The van der Waals surface area contributed by atoms with Gasteiger partial charge in [-0.3, -0.25) is 4.79 Å². The van der Waals surface area contributed by atoms with Crippen molar-refractivity contribution in [3.8, 4) is 0 Å². The number of fused-ring (bicyclic) bond motifs is 1. The highest BCUT2D eigenvalue weighted by Gasteiger charge is 2.04. The number of hydrogen-bond donors (Lipinski definition) is 2. The molecule has 0 fully saturated rings. The van der Waals surface area contributed by atoms with E-state index in [0.717, 1.165) is 18.5 Å². The van der Waals surface area contributed by atoms with Crippen LogP contribution in [0.3, 0.4) is 0 Å². The maximum atomic E-state index is 11.8. The summed E-state index contributed by atoms with van der Waals surface area (Å²) in [5.74, 6) is 0.696. The van der Waals surface area contributed by atoms with Gasteiger partial charge < -0.3 is 10.3 Å². The van der Waals surface area contributed by atoms with Crippen LogP contribution in [0.15, 0.2) is 33.8 Å². The van der Waals surface area contributed by atoms with E-state index >= 15 is 0 Å². The normalized spacial score (nSPS) is 11.2. The van der Waals surface area contributed by atoms with E-state index in [1.807, 2.05) is 11.4 Å². The Kier molecular flexibility index (Phi) is 3.72. The molecule has 98 valence electrons. The molecule has 3 heterocycles. The molecule has 3 aromatic heterocycles. The van der Waals surface area contributed by atoms with Crippen molar-refractivity contribution >= 4 is 32.9 Å². The molecule has 3 aromatic rings. The van der Waals surface area contributed by atoms with E-state index < -0.39 is 0 Å². The monoisotopic (exact) mass is 291 g/mol. The largest absolute Gasteiger partial charge is 0.310 e. The number of hydrogen-bond acceptors (Lipinski definition) is 5. The van der Waals surface area contributed by atoms with Crippen LogP contribution in [0.25, 0.3) is 10.2 Å². The lowest BCUT2D eigenvalue weighted by Gasteiger charge is -2.03. The number of thiophene rings is 2. The van der Waals surface area contributed by atoms with Gasteiger partial charge in [-0.05, 0) is 29.3 Å². The average Bonchev–Trinajstić information content (AvgIpc) is 3.05. The van der Waals surface area contributed by atoms with Crippen molar-refractivity contribution in [1.29, 1.82) is 0 Å². The Bertz CT molecular complexity index is 715. The first kappa shape index (κ1) is 12.5. The van der Waals surface area contributed by atoms with Gasteiger partial charge in [0.2, 0.25) is 0 Å². The Hall–Kier alpha value is -1.50. The topological polar surface area (TPSA) is 57.8 Å². The van der Waals surface area contributed by atoms with Gasteiger partial charge in [-0.15, -0.1) is 22.7 Å². The van der Waals surface area contributed by atoms with E-state index in [1.165, 1.54) is 16.2 Å². The first-order valence-corrected chi connectivity index (χ1v) is 7.78. The van der Waals surface area contributed by atoms with E-state index in [9.17, 15) is 4.79 Å². The zero-order chi connectivity index (χ0) is 13.1. The molecule has 0 aliphatic carbocycles. The standard InChI is InChI=1S/C13H13N3OS2/c17-13-12-10(4-7-19-12)15-11(16-13)8-14-5-3-9-2-1-6-18-9/h1-2,4,6-7,14H,3,5,8H2,(H,15,16,17). The van der Waals surface area contributed by atoms with Gasteiger partial charge in [0.1, 0.15) is 10.5 Å². The van der Waals surface area contributed by atoms with Gasteiger partial charge >= 0.3 is 0 Å². The number of H-pyrrole nitrogens is 1. The smallest absolute Gasteiger partial charge is 0.268 e. The molecule has 4 nitrogen and oxygen atoms in total. The van der Waals surface area contributed by atoms with Crippen LogP contribution < -0.4 is 10.9 Å². The first-order valence-electron chi connectivity index (χ1n) is 6.02. The van der Waals surface area contributed by atoms with Gasteiger partial charge in [-0.1, -0.05) is 6.07 Å². The second-order valence-corrected chi connectivity index (χ2v) is 6.10. The molecule has 0 aliphatic rings. The predicted octanol–water partition coefficient (Wildman–Crippen LogP) is 2.38. The summed E-state index contributed by atoms with van der Waals surface area (Å²) in [7, 11) is 0. The Morgan fingerprint density at radius 3 is 3.05 bits per heavy atom. The number of aromatic nitrogens is 2. The Balaban J connectivity index is 1.60. The van der Waals surface area contributed by atoms with E-state index in [4.69, 9.17) is 0 Å². The molecule has 19 heavy (non-hydrogen) atoms. The molecular weight excluding hydrogens is 278 g/mol. The number of nitrogens with zero attached hydrogens (tertiary/aromatic N) is 1. The van der Waals surface area contributed by atoms with Gasteiger partial charge in [-0.25, -0.2) is 4.98 Å². The number of aromatic amines is 1. The van der Waals surface area contributed by atoms with E-state index in [1.54, 1.807) is 11.3 Å². The minimum Gasteiger partial charge on any atom is -0.310 e. The van der Waals surface area contributed by atoms with Crippen LogP contribution in [0.5, 0.6) is 0 Å². The maximum absolute atomic E-state index is 11.8. The fourth-order valence-corrected chi connectivity index (χ4v) is 3.31. The van der Waals surface area contributed by atoms with Crippen molar-refractivity contribution in [3.05, 3.63) is 50.0 Å². The zero-order valence-electron chi connectivity index (χ0n) is 10.2. The van der Waals surface area contributed by atoms with Crippen molar-refractivity contribution < 1.29 is 0 Å². The lowest BCUT2D eigenvalue weighted by Crippen LogP contribution is -2.20. The van der Waals surface area contributed by atoms with Crippen LogP contribution >= 0.6 is 22.7 Å². The summed E-state index contributed by atoms with van der Waals surface area (Å²) in [6, 6.07) is 6.07. The molecule has 0 aliphatic heterocycles. The van der Waals surface area contributed by atoms with Crippen molar-refractivity contribution in [2.24, 2.45) is 0 Å². The summed E-state index contributed by atoms with van der Waals surface area (Å²) < 4.78 is 0.697. The molecule has 0 saturated carbocycles. The van der Waals surface area contributed by atoms with Crippen LogP contribution in [0, 0.1) is 0 Å². The van der Waals surface area contributed by atoms with Crippen LogP contribution in [-0.4, -0.2) is 16.5 Å². The highest BCUT2D eigenvalue weighted by Crippen LogP contribution is 2.13. The summed E-state index contributed by atoms with van der Waals surface area (Å²) in [5, 5.41) is 7.27. The second-order valence-electron chi connectivity index (χ2n) is 4.15. The second kappa shape index (κ2) is 5.64. The molecule has 0 amide bonds. The first-order chi connectivity index (χ1) is 9.33. The minimum absolute atomic E-state index is 0.0462. The molecule has 6 heteroatoms. The van der Waals surface area contributed by atoms with Crippen molar-refractivity contribution in [1.82, 2.24) is 15.3 Å². The zero-order valence-corrected chi connectivity index (χ0v) is 11.8. The van der Waals surface area contributed by atoms with E-state index in [0.29, 0.717) is 17.1 Å². The molecule has 3 rings (SSSR count). The van der Waals surface area contributed by atoms with E-state index in [-0.39, 0.29) is 5.56 Å². The Morgan fingerprint density at radius 1 is 1.26 bits per heavy atom. The predicted molar refractivity (Wildman–Crippen MR) is 80.0 cm³/mol. The maximum Gasteiger partial charge on any atom is 0.268 e. The summed E-state index contributed by atoms with van der Waals surface area (Å²) in [6.07, 6.45) is 1.00. The van der Waals surface area contributed by atoms with Gasteiger partial charge in [0, 0.05) is 11.4 Å². The molecule has 0 unspecified atom stereocenters. The molecule has 2 N–H and O–H groups in total. The van der Waals surface area contributed by atoms with Crippen molar-refractivity contribution in [3.63, 3.8) is 0 Å². The van der Waals surface area contributed by atoms with Crippen LogP contribution in [0.1, 0.15) is 10.7 Å². The third-order valence-electron chi connectivity index (χ3n) is 2.78. The summed E-state index contributed by atoms with van der Waals surface area (Å²) in [4.78, 5) is 20.4. The van der Waals surface area contributed by atoms with Crippen molar-refractivity contribution in [2.45, 2.75) is 13.0 Å². The molecular formula is C13H13N3OS2. The Morgan fingerprint density at radius 2 is 2.21 bits per heavy atom. The SMILES string of the molecule is O=c1[nH]c(CNCCc2cccs2)nc2ccsc12. The third-order valence-corrected chi connectivity index (χ3v) is 4.62. The fraction of sp³-hybridized carbons (Fsp3) is 0.231. The molecule has 0 bridgehead atoms. The van der Waals surface area contributed by atoms with Gasteiger partial charge in [-0.2, -0.15) is 0 Å².